The van der Waals surface area contributed by atoms with Crippen LogP contribution < -0.4 is 5.06 Å². The fourth-order valence-corrected chi connectivity index (χ4v) is 1.26. The molecule has 17 heavy (non-hydrogen) atoms. The molecule has 1 amide bonds. The Morgan fingerprint density at radius 1 is 1.24 bits per heavy atom. The summed E-state index contributed by atoms with van der Waals surface area (Å²) in [5.74, 6) is -0.212. The molecule has 0 aliphatic heterocycles. The molecular formula is C11H9N4O2-. The lowest BCUT2D eigenvalue weighted by Crippen LogP contribution is -2.21. The highest BCUT2D eigenvalue weighted by Crippen LogP contribution is 2.16. The molecule has 2 aromatic heterocycles. The van der Waals surface area contributed by atoms with E-state index in [0.717, 1.165) is 5.56 Å². The van der Waals surface area contributed by atoms with Crippen molar-refractivity contribution in [3.05, 3.63) is 42.0 Å². The molecule has 86 valence electrons. The fourth-order valence-electron chi connectivity index (χ4n) is 1.26. The van der Waals surface area contributed by atoms with Gasteiger partial charge in [-0.1, -0.05) is 0 Å². The van der Waals surface area contributed by atoms with Crippen LogP contribution in [0.4, 0.5) is 5.82 Å². The van der Waals surface area contributed by atoms with Crippen molar-refractivity contribution >= 4 is 11.7 Å². The smallest absolute Gasteiger partial charge is 0.214 e. The molecule has 2 aromatic rings. The number of anilines is 1. The monoisotopic (exact) mass is 229 g/mol. The predicted molar refractivity (Wildman–Crippen MR) is 61.8 cm³/mol. The van der Waals surface area contributed by atoms with Gasteiger partial charge in [-0.05, 0) is 18.2 Å². The summed E-state index contributed by atoms with van der Waals surface area (Å²) in [5.41, 5.74) is 0.735. The molecule has 0 N–H and O–H groups in total. The lowest BCUT2D eigenvalue weighted by atomic mass is 10.2. The van der Waals surface area contributed by atoms with E-state index in [1.807, 2.05) is 0 Å². The van der Waals surface area contributed by atoms with Gasteiger partial charge in [-0.25, -0.2) is 9.97 Å². The summed E-state index contributed by atoms with van der Waals surface area (Å²) in [7, 11) is 0. The van der Waals surface area contributed by atoms with E-state index in [1.54, 1.807) is 24.5 Å². The van der Waals surface area contributed by atoms with E-state index in [4.69, 9.17) is 0 Å². The van der Waals surface area contributed by atoms with Crippen molar-refractivity contribution < 1.29 is 4.79 Å². The maximum Gasteiger partial charge on any atom is 0.214 e. The molecule has 0 unspecified atom stereocenters. The first-order valence-electron chi connectivity index (χ1n) is 4.90. The molecule has 6 heteroatoms. The van der Waals surface area contributed by atoms with Crippen molar-refractivity contribution in [2.45, 2.75) is 6.92 Å². The largest absolute Gasteiger partial charge is 0.751 e. The Balaban J connectivity index is 2.39. The fraction of sp³-hybridized carbons (Fsp3) is 0.0909. The predicted octanol–water partition coefficient (Wildman–Crippen LogP) is 1.39. The van der Waals surface area contributed by atoms with Gasteiger partial charge in [-0.15, -0.1) is 0 Å². The van der Waals surface area contributed by atoms with E-state index in [0.29, 0.717) is 5.82 Å². The average Bonchev–Trinajstić information content (AvgIpc) is 2.39. The van der Waals surface area contributed by atoms with E-state index in [1.165, 1.54) is 19.2 Å². The topological polar surface area (TPSA) is 82.0 Å². The van der Waals surface area contributed by atoms with Crippen LogP contribution in [0.5, 0.6) is 0 Å². The van der Waals surface area contributed by atoms with Crippen molar-refractivity contribution in [2.24, 2.45) is 0 Å². The van der Waals surface area contributed by atoms with E-state index in [9.17, 15) is 10.0 Å². The third-order valence-corrected chi connectivity index (χ3v) is 2.07. The van der Waals surface area contributed by atoms with Gasteiger partial charge in [0.1, 0.15) is 5.82 Å². The molecule has 0 saturated carbocycles. The lowest BCUT2D eigenvalue weighted by molar-refractivity contribution is -0.116. The summed E-state index contributed by atoms with van der Waals surface area (Å²) in [6.45, 7) is 1.18. The zero-order valence-electron chi connectivity index (χ0n) is 9.07. The Morgan fingerprint density at radius 2 is 1.94 bits per heavy atom. The molecule has 2 rings (SSSR count). The van der Waals surface area contributed by atoms with Crippen molar-refractivity contribution in [1.82, 2.24) is 15.0 Å². The number of carbonyl (C=O) groups excluding carboxylic acids is 1. The molecule has 0 saturated heterocycles. The van der Waals surface area contributed by atoms with E-state index < -0.39 is 5.91 Å². The van der Waals surface area contributed by atoms with Crippen LogP contribution in [0.3, 0.4) is 0 Å². The minimum atomic E-state index is -0.621. The van der Waals surface area contributed by atoms with Crippen LogP contribution in [-0.4, -0.2) is 20.9 Å². The van der Waals surface area contributed by atoms with Crippen molar-refractivity contribution in [3.63, 3.8) is 0 Å². The van der Waals surface area contributed by atoms with Gasteiger partial charge in [0.05, 0.1) is 0 Å². The zero-order valence-corrected chi connectivity index (χ0v) is 9.07. The summed E-state index contributed by atoms with van der Waals surface area (Å²) >= 11 is 0. The number of hydrogen-bond donors (Lipinski definition) is 0. The van der Waals surface area contributed by atoms with Gasteiger partial charge in [0.2, 0.25) is 5.91 Å². The third-order valence-electron chi connectivity index (χ3n) is 2.07. The molecule has 2 heterocycles. The van der Waals surface area contributed by atoms with E-state index in [2.05, 4.69) is 15.0 Å². The summed E-state index contributed by atoms with van der Waals surface area (Å²) in [6, 6.07) is 4.84. The molecule has 0 fully saturated rings. The van der Waals surface area contributed by atoms with Gasteiger partial charge >= 0.3 is 0 Å². The van der Waals surface area contributed by atoms with Gasteiger partial charge in [0.25, 0.3) is 0 Å². The highest BCUT2D eigenvalue weighted by Gasteiger charge is 2.05. The van der Waals surface area contributed by atoms with Crippen LogP contribution in [0.15, 0.2) is 36.8 Å². The number of rotatable bonds is 2. The number of pyridine rings is 1. The van der Waals surface area contributed by atoms with Gasteiger partial charge < -0.3 is 10.3 Å². The van der Waals surface area contributed by atoms with E-state index >= 15 is 0 Å². The first-order chi connectivity index (χ1) is 8.18. The zero-order chi connectivity index (χ0) is 12.3. The normalized spacial score (nSPS) is 10.0. The van der Waals surface area contributed by atoms with Crippen LogP contribution in [0.25, 0.3) is 11.4 Å². The quantitative estimate of drug-likeness (QED) is 0.726. The number of carbonyl (C=O) groups is 1. The molecule has 0 spiro atoms. The van der Waals surface area contributed by atoms with Crippen molar-refractivity contribution in [2.75, 3.05) is 5.06 Å². The first-order valence-corrected chi connectivity index (χ1v) is 4.90. The Bertz CT molecular complexity index is 530. The number of hydrogen-bond acceptors (Lipinski definition) is 5. The molecule has 0 aromatic carbocycles. The van der Waals surface area contributed by atoms with Crippen LogP contribution in [-0.2, 0) is 4.79 Å². The Hall–Kier alpha value is -2.34. The number of aromatic nitrogens is 3. The molecular weight excluding hydrogens is 220 g/mol. The van der Waals surface area contributed by atoms with Gasteiger partial charge in [0, 0.05) is 31.1 Å². The van der Waals surface area contributed by atoms with Gasteiger partial charge in [-0.3, -0.25) is 9.78 Å². The Labute approximate surface area is 97.5 Å². The van der Waals surface area contributed by atoms with Crippen molar-refractivity contribution in [3.8, 4) is 11.4 Å². The standard InChI is InChI=1S/C11H9N4O2/c1-8(16)15(17)10-4-7-13-11(14-10)9-2-5-12-6-3-9/h2-7H,1H3/q-1. The maximum absolute atomic E-state index is 11.4. The maximum atomic E-state index is 11.4. The first kappa shape index (κ1) is 11.2. The highest BCUT2D eigenvalue weighted by molar-refractivity contribution is 5.91. The minimum Gasteiger partial charge on any atom is -0.751 e. The van der Waals surface area contributed by atoms with Gasteiger partial charge in [-0.2, -0.15) is 0 Å². The molecule has 0 bridgehead atoms. The molecule has 0 aliphatic rings. The second-order valence-corrected chi connectivity index (χ2v) is 3.29. The van der Waals surface area contributed by atoms with Crippen molar-refractivity contribution in [1.29, 1.82) is 0 Å². The summed E-state index contributed by atoms with van der Waals surface area (Å²) < 4.78 is 0. The minimum absolute atomic E-state index is 0.0271. The SMILES string of the molecule is CC(=O)N([O-])c1ccnc(-c2ccncc2)n1. The molecule has 0 aliphatic carbocycles. The average molecular weight is 229 g/mol. The summed E-state index contributed by atoms with van der Waals surface area (Å²) in [6.07, 6.45) is 4.64. The second-order valence-electron chi connectivity index (χ2n) is 3.29. The Kier molecular flexibility index (Phi) is 3.06. The molecule has 0 atom stereocenters. The third kappa shape index (κ3) is 2.43. The van der Waals surface area contributed by atoms with Gasteiger partial charge in [0.15, 0.2) is 5.82 Å². The van der Waals surface area contributed by atoms with E-state index in [-0.39, 0.29) is 10.9 Å². The Morgan fingerprint density at radius 3 is 2.59 bits per heavy atom. The van der Waals surface area contributed by atoms with Crippen LogP contribution >= 0.6 is 0 Å². The van der Waals surface area contributed by atoms with Crippen LogP contribution in [0.1, 0.15) is 6.92 Å². The summed E-state index contributed by atoms with van der Waals surface area (Å²) in [4.78, 5) is 22.9. The second kappa shape index (κ2) is 4.67. The molecule has 6 nitrogen and oxygen atoms in total. The summed E-state index contributed by atoms with van der Waals surface area (Å²) in [5, 5.41) is 11.6. The number of nitrogens with zero attached hydrogens (tertiary/aromatic N) is 4. The number of amides is 1. The number of hydroxylamine groups is 1. The van der Waals surface area contributed by atoms with Crippen LogP contribution in [0.2, 0.25) is 0 Å². The highest BCUT2D eigenvalue weighted by atomic mass is 16.5. The molecule has 0 radical (unpaired) electrons. The van der Waals surface area contributed by atoms with Crippen LogP contribution in [0, 0.1) is 5.21 Å². The lowest BCUT2D eigenvalue weighted by Gasteiger charge is -2.25.